The predicted octanol–water partition coefficient (Wildman–Crippen LogP) is 3.80. The maximum absolute atomic E-state index is 12.9. The van der Waals surface area contributed by atoms with Gasteiger partial charge in [0.05, 0.1) is 17.3 Å². The predicted molar refractivity (Wildman–Crippen MR) is 74.0 cm³/mol. The van der Waals surface area contributed by atoms with Crippen LogP contribution >= 0.6 is 11.6 Å². The second kappa shape index (κ2) is 5.02. The van der Waals surface area contributed by atoms with Crippen LogP contribution in [0.5, 0.6) is 0 Å². The maximum atomic E-state index is 12.9. The first-order chi connectivity index (χ1) is 9.28. The molecule has 0 bridgehead atoms. The van der Waals surface area contributed by atoms with E-state index in [2.05, 4.69) is 4.98 Å². The molecule has 3 rings (SSSR count). The molecule has 0 fully saturated rings. The van der Waals surface area contributed by atoms with Crippen molar-refractivity contribution in [2.45, 2.75) is 12.3 Å². The van der Waals surface area contributed by atoms with E-state index in [9.17, 15) is 4.39 Å². The third-order valence-corrected chi connectivity index (χ3v) is 3.38. The van der Waals surface area contributed by atoms with Crippen molar-refractivity contribution in [3.05, 3.63) is 71.4 Å². The van der Waals surface area contributed by atoms with Crippen LogP contribution < -0.4 is 0 Å². The van der Waals surface area contributed by atoms with Gasteiger partial charge in [0, 0.05) is 12.6 Å². The number of pyridine rings is 1. The number of imidazole rings is 1. The topological polar surface area (TPSA) is 17.3 Å². The summed E-state index contributed by atoms with van der Waals surface area (Å²) in [6.07, 6.45) is 2.61. The number of hydrogen-bond acceptors (Lipinski definition) is 1. The molecule has 0 amide bonds. The van der Waals surface area contributed by atoms with E-state index in [0.717, 1.165) is 22.6 Å². The Hall–Kier alpha value is -1.87. The summed E-state index contributed by atoms with van der Waals surface area (Å²) in [5, 5.41) is 0. The molecule has 2 aromatic heterocycles. The van der Waals surface area contributed by atoms with E-state index in [1.807, 2.05) is 28.8 Å². The molecule has 0 saturated carbocycles. The van der Waals surface area contributed by atoms with Crippen LogP contribution in [-0.2, 0) is 12.3 Å². The van der Waals surface area contributed by atoms with Gasteiger partial charge in [-0.1, -0.05) is 18.2 Å². The van der Waals surface area contributed by atoms with Crippen molar-refractivity contribution in [1.29, 1.82) is 0 Å². The molecule has 0 aliphatic rings. The Morgan fingerprint density at radius 2 is 1.89 bits per heavy atom. The lowest BCUT2D eigenvalue weighted by Gasteiger charge is -2.01. The van der Waals surface area contributed by atoms with Crippen molar-refractivity contribution >= 4 is 17.2 Å². The number of hydrogen-bond donors (Lipinski definition) is 0. The van der Waals surface area contributed by atoms with Crippen LogP contribution in [0.25, 0.3) is 5.65 Å². The second-order valence-corrected chi connectivity index (χ2v) is 4.64. The van der Waals surface area contributed by atoms with E-state index < -0.39 is 0 Å². The molecule has 0 aliphatic carbocycles. The van der Waals surface area contributed by atoms with Gasteiger partial charge in [-0.15, -0.1) is 11.6 Å². The van der Waals surface area contributed by atoms with Crippen LogP contribution in [0.3, 0.4) is 0 Å². The number of benzene rings is 1. The van der Waals surface area contributed by atoms with Gasteiger partial charge in [0.1, 0.15) is 11.5 Å². The fourth-order valence-corrected chi connectivity index (χ4v) is 2.46. The Morgan fingerprint density at radius 3 is 2.63 bits per heavy atom. The Balaban J connectivity index is 2.02. The first-order valence-corrected chi connectivity index (χ1v) is 6.56. The molecule has 0 unspecified atom stereocenters. The van der Waals surface area contributed by atoms with Gasteiger partial charge in [0.25, 0.3) is 0 Å². The van der Waals surface area contributed by atoms with E-state index in [1.165, 1.54) is 12.1 Å². The lowest BCUT2D eigenvalue weighted by Crippen LogP contribution is -1.95. The van der Waals surface area contributed by atoms with Gasteiger partial charge in [-0.3, -0.25) is 0 Å². The first-order valence-electron chi connectivity index (χ1n) is 6.03. The molecule has 0 aliphatic heterocycles. The molecule has 0 spiro atoms. The highest BCUT2D eigenvalue weighted by Gasteiger charge is 2.11. The van der Waals surface area contributed by atoms with Crippen LogP contribution in [0.4, 0.5) is 4.39 Å². The van der Waals surface area contributed by atoms with Crippen molar-refractivity contribution in [3.63, 3.8) is 0 Å². The minimum absolute atomic E-state index is 0.226. The first kappa shape index (κ1) is 12.2. The molecule has 96 valence electrons. The number of nitrogens with zero attached hydrogens (tertiary/aromatic N) is 2. The molecule has 0 radical (unpaired) electrons. The second-order valence-electron chi connectivity index (χ2n) is 4.37. The molecule has 2 heterocycles. The molecule has 0 N–H and O–H groups in total. The largest absolute Gasteiger partial charge is 0.303 e. The van der Waals surface area contributed by atoms with Crippen LogP contribution in [0, 0.1) is 5.82 Å². The van der Waals surface area contributed by atoms with E-state index in [4.69, 9.17) is 11.6 Å². The van der Waals surface area contributed by atoms with Gasteiger partial charge in [-0.2, -0.15) is 0 Å². The highest BCUT2D eigenvalue weighted by molar-refractivity contribution is 6.17. The summed E-state index contributed by atoms with van der Waals surface area (Å²) in [5.74, 6) is 0.179. The summed E-state index contributed by atoms with van der Waals surface area (Å²) in [6.45, 7) is 0. The summed E-state index contributed by atoms with van der Waals surface area (Å²) >= 11 is 6.02. The van der Waals surface area contributed by atoms with Gasteiger partial charge >= 0.3 is 0 Å². The maximum Gasteiger partial charge on any atom is 0.137 e. The van der Waals surface area contributed by atoms with Crippen molar-refractivity contribution < 1.29 is 4.39 Å². The van der Waals surface area contributed by atoms with Gasteiger partial charge in [-0.05, 0) is 29.8 Å². The standard InChI is InChI=1S/C15H12ClFN2/c16-10-14-13(9-11-4-6-12(17)7-5-11)18-15-3-1-2-8-19(14)15/h1-8H,9-10H2. The van der Waals surface area contributed by atoms with Crippen LogP contribution in [0.2, 0.25) is 0 Å². The average molecular weight is 275 g/mol. The third-order valence-electron chi connectivity index (χ3n) is 3.12. The highest BCUT2D eigenvalue weighted by atomic mass is 35.5. The minimum Gasteiger partial charge on any atom is -0.303 e. The Morgan fingerprint density at radius 1 is 1.11 bits per heavy atom. The van der Waals surface area contributed by atoms with Crippen LogP contribution in [-0.4, -0.2) is 9.38 Å². The zero-order chi connectivity index (χ0) is 13.2. The molecule has 2 nitrogen and oxygen atoms in total. The molecule has 19 heavy (non-hydrogen) atoms. The zero-order valence-electron chi connectivity index (χ0n) is 10.2. The molecule has 0 atom stereocenters. The minimum atomic E-state index is -0.226. The number of rotatable bonds is 3. The van der Waals surface area contributed by atoms with Crippen LogP contribution in [0.1, 0.15) is 17.0 Å². The summed E-state index contributed by atoms with van der Waals surface area (Å²) < 4.78 is 14.9. The number of alkyl halides is 1. The van der Waals surface area contributed by atoms with Crippen molar-refractivity contribution in [3.8, 4) is 0 Å². The lowest BCUT2D eigenvalue weighted by molar-refractivity contribution is 0.627. The highest BCUT2D eigenvalue weighted by Crippen LogP contribution is 2.18. The van der Waals surface area contributed by atoms with Gasteiger partial charge < -0.3 is 4.40 Å². The van der Waals surface area contributed by atoms with Gasteiger partial charge in [-0.25, -0.2) is 9.37 Å². The Bertz CT molecular complexity index is 704. The molecular weight excluding hydrogens is 263 g/mol. The average Bonchev–Trinajstić information content (AvgIpc) is 2.78. The number of fused-ring (bicyclic) bond motifs is 1. The van der Waals surface area contributed by atoms with E-state index in [-0.39, 0.29) is 5.82 Å². The quantitative estimate of drug-likeness (QED) is 0.664. The molecule has 0 saturated heterocycles. The molecule has 1 aromatic carbocycles. The Labute approximate surface area is 115 Å². The van der Waals surface area contributed by atoms with E-state index >= 15 is 0 Å². The fourth-order valence-electron chi connectivity index (χ4n) is 2.17. The van der Waals surface area contributed by atoms with Crippen molar-refractivity contribution in [2.75, 3.05) is 0 Å². The molecule has 4 heteroatoms. The number of aromatic nitrogens is 2. The van der Waals surface area contributed by atoms with Crippen molar-refractivity contribution in [1.82, 2.24) is 9.38 Å². The summed E-state index contributed by atoms with van der Waals surface area (Å²) in [5.41, 5.74) is 3.83. The molecular formula is C15H12ClFN2. The number of halogens is 2. The summed E-state index contributed by atoms with van der Waals surface area (Å²) in [4.78, 5) is 4.59. The van der Waals surface area contributed by atoms with Gasteiger partial charge in [0.2, 0.25) is 0 Å². The summed E-state index contributed by atoms with van der Waals surface area (Å²) in [6, 6.07) is 12.3. The lowest BCUT2D eigenvalue weighted by atomic mass is 10.1. The summed E-state index contributed by atoms with van der Waals surface area (Å²) in [7, 11) is 0. The smallest absolute Gasteiger partial charge is 0.137 e. The normalized spacial score (nSPS) is 11.1. The fraction of sp³-hybridized carbons (Fsp3) is 0.133. The van der Waals surface area contributed by atoms with Crippen LogP contribution in [0.15, 0.2) is 48.7 Å². The van der Waals surface area contributed by atoms with Gasteiger partial charge in [0.15, 0.2) is 0 Å². The zero-order valence-corrected chi connectivity index (χ0v) is 10.9. The third kappa shape index (κ3) is 2.34. The van der Waals surface area contributed by atoms with E-state index in [1.54, 1.807) is 12.1 Å². The van der Waals surface area contributed by atoms with E-state index in [0.29, 0.717) is 12.3 Å². The monoisotopic (exact) mass is 274 g/mol. The SMILES string of the molecule is Fc1ccc(Cc2nc3ccccn3c2CCl)cc1. The van der Waals surface area contributed by atoms with Crippen molar-refractivity contribution in [2.24, 2.45) is 0 Å². The molecule has 3 aromatic rings. The Kier molecular flexibility index (Phi) is 3.22.